The Morgan fingerprint density at radius 3 is 2.60 bits per heavy atom. The molecule has 0 saturated heterocycles. The van der Waals surface area contributed by atoms with Gasteiger partial charge in [-0.1, -0.05) is 36.4 Å². The molecule has 20 heavy (non-hydrogen) atoms. The number of carbonyl (C=O) groups is 1. The summed E-state index contributed by atoms with van der Waals surface area (Å²) in [5, 5.41) is 2.89. The highest BCUT2D eigenvalue weighted by molar-refractivity contribution is 5.94. The molecule has 1 amide bonds. The van der Waals surface area contributed by atoms with Crippen LogP contribution in [0.1, 0.15) is 29.3 Å². The number of carbonyl (C=O) groups excluding carboxylic acids is 1. The first kappa shape index (κ1) is 14.3. The molecule has 0 aromatic heterocycles. The van der Waals surface area contributed by atoms with Gasteiger partial charge in [0.15, 0.2) is 0 Å². The molecule has 1 atom stereocenters. The third-order valence-electron chi connectivity index (χ3n) is 3.17. The summed E-state index contributed by atoms with van der Waals surface area (Å²) in [6.07, 6.45) is 1.76. The summed E-state index contributed by atoms with van der Waals surface area (Å²) in [5.74, 6) is -0.625. The maximum atomic E-state index is 13.1. The summed E-state index contributed by atoms with van der Waals surface area (Å²) in [5.41, 5.74) is 1.61. The van der Waals surface area contributed by atoms with Gasteiger partial charge in [0, 0.05) is 11.6 Å². The molecular weight excluding hydrogens is 253 g/mol. The fourth-order valence-electron chi connectivity index (χ4n) is 2.04. The van der Waals surface area contributed by atoms with Crippen molar-refractivity contribution in [3.63, 3.8) is 0 Å². The van der Waals surface area contributed by atoms with E-state index in [1.165, 1.54) is 17.7 Å². The van der Waals surface area contributed by atoms with Crippen LogP contribution in [0.4, 0.5) is 4.39 Å². The maximum absolute atomic E-state index is 13.1. The Balaban J connectivity index is 1.85. The number of nitrogens with one attached hydrogen (secondary N) is 1. The Morgan fingerprint density at radius 1 is 1.15 bits per heavy atom. The minimum atomic E-state index is -0.394. The van der Waals surface area contributed by atoms with Gasteiger partial charge >= 0.3 is 0 Å². The van der Waals surface area contributed by atoms with Gasteiger partial charge in [-0.2, -0.15) is 0 Å². The Labute approximate surface area is 118 Å². The molecule has 0 bridgehead atoms. The number of aryl methyl sites for hydroxylation is 1. The fraction of sp³-hybridized carbons (Fsp3) is 0.235. The van der Waals surface area contributed by atoms with Crippen molar-refractivity contribution in [1.29, 1.82) is 0 Å². The van der Waals surface area contributed by atoms with Crippen LogP contribution in [0.5, 0.6) is 0 Å². The van der Waals surface area contributed by atoms with Gasteiger partial charge in [-0.25, -0.2) is 4.39 Å². The molecule has 0 aliphatic carbocycles. The van der Waals surface area contributed by atoms with Crippen molar-refractivity contribution >= 4 is 5.91 Å². The van der Waals surface area contributed by atoms with Crippen LogP contribution in [-0.4, -0.2) is 11.9 Å². The first-order valence-electron chi connectivity index (χ1n) is 6.75. The van der Waals surface area contributed by atoms with Gasteiger partial charge in [-0.05, 0) is 43.5 Å². The van der Waals surface area contributed by atoms with Gasteiger partial charge in [0.2, 0.25) is 0 Å². The van der Waals surface area contributed by atoms with E-state index < -0.39 is 5.82 Å². The van der Waals surface area contributed by atoms with Crippen molar-refractivity contribution in [3.8, 4) is 0 Å². The van der Waals surface area contributed by atoms with Crippen LogP contribution in [0.3, 0.4) is 0 Å². The molecule has 3 heteroatoms. The van der Waals surface area contributed by atoms with Gasteiger partial charge in [0.25, 0.3) is 5.91 Å². The molecule has 2 aromatic carbocycles. The van der Waals surface area contributed by atoms with Crippen molar-refractivity contribution in [2.45, 2.75) is 25.8 Å². The molecule has 0 heterocycles. The smallest absolute Gasteiger partial charge is 0.251 e. The van der Waals surface area contributed by atoms with Gasteiger partial charge in [0.05, 0.1) is 0 Å². The predicted molar refractivity (Wildman–Crippen MR) is 78.1 cm³/mol. The second-order valence-electron chi connectivity index (χ2n) is 4.91. The van der Waals surface area contributed by atoms with E-state index in [2.05, 4.69) is 17.4 Å². The van der Waals surface area contributed by atoms with E-state index in [-0.39, 0.29) is 11.9 Å². The number of halogens is 1. The fourth-order valence-corrected chi connectivity index (χ4v) is 2.04. The maximum Gasteiger partial charge on any atom is 0.251 e. The van der Waals surface area contributed by atoms with Crippen molar-refractivity contribution < 1.29 is 9.18 Å². The first-order chi connectivity index (χ1) is 9.65. The summed E-state index contributed by atoms with van der Waals surface area (Å²) in [6, 6.07) is 15.9. The minimum absolute atomic E-state index is 0.0472. The lowest BCUT2D eigenvalue weighted by atomic mass is 10.1. The molecule has 0 aliphatic rings. The summed E-state index contributed by atoms with van der Waals surface area (Å²) < 4.78 is 13.1. The predicted octanol–water partition coefficient (Wildman–Crippen LogP) is 3.58. The molecule has 2 nitrogen and oxygen atoms in total. The lowest BCUT2D eigenvalue weighted by Crippen LogP contribution is -2.32. The molecule has 0 unspecified atom stereocenters. The summed E-state index contributed by atoms with van der Waals surface area (Å²) in [6.45, 7) is 1.96. The zero-order valence-electron chi connectivity index (χ0n) is 11.5. The third-order valence-corrected chi connectivity index (χ3v) is 3.17. The van der Waals surface area contributed by atoms with Crippen molar-refractivity contribution in [1.82, 2.24) is 5.32 Å². The quantitative estimate of drug-likeness (QED) is 0.885. The largest absolute Gasteiger partial charge is 0.350 e. The van der Waals surface area contributed by atoms with E-state index in [0.29, 0.717) is 5.56 Å². The summed E-state index contributed by atoms with van der Waals surface area (Å²) in [7, 11) is 0. The molecule has 0 fully saturated rings. The van der Waals surface area contributed by atoms with Crippen molar-refractivity contribution in [3.05, 3.63) is 71.5 Å². The highest BCUT2D eigenvalue weighted by Gasteiger charge is 2.10. The summed E-state index contributed by atoms with van der Waals surface area (Å²) >= 11 is 0. The van der Waals surface area contributed by atoms with E-state index in [9.17, 15) is 9.18 Å². The average Bonchev–Trinajstić information content (AvgIpc) is 2.46. The molecule has 0 saturated carbocycles. The third kappa shape index (κ3) is 4.19. The molecule has 104 valence electrons. The second-order valence-corrected chi connectivity index (χ2v) is 4.91. The standard InChI is InChI=1S/C17H18FNO/c1-13(10-11-14-6-3-2-4-7-14)19-17(20)15-8-5-9-16(18)12-15/h2-9,12-13H,10-11H2,1H3,(H,19,20)/t13-/m1/s1. The van der Waals surface area contributed by atoms with E-state index in [1.54, 1.807) is 12.1 Å². The number of amides is 1. The number of hydrogen-bond acceptors (Lipinski definition) is 1. The van der Waals surface area contributed by atoms with E-state index in [0.717, 1.165) is 12.8 Å². The topological polar surface area (TPSA) is 29.1 Å². The van der Waals surface area contributed by atoms with Gasteiger partial charge < -0.3 is 5.32 Å². The molecule has 0 spiro atoms. The van der Waals surface area contributed by atoms with Crippen LogP contribution in [0.2, 0.25) is 0 Å². The molecule has 2 rings (SSSR count). The first-order valence-corrected chi connectivity index (χ1v) is 6.75. The number of hydrogen-bond donors (Lipinski definition) is 1. The highest BCUT2D eigenvalue weighted by atomic mass is 19.1. The van der Waals surface area contributed by atoms with Gasteiger partial charge in [-0.15, -0.1) is 0 Å². The molecule has 2 aromatic rings. The SMILES string of the molecule is C[C@H](CCc1ccccc1)NC(=O)c1cccc(F)c1. The molecule has 0 aliphatic heterocycles. The van der Waals surface area contributed by atoms with Crippen LogP contribution in [0.15, 0.2) is 54.6 Å². The van der Waals surface area contributed by atoms with Gasteiger partial charge in [0.1, 0.15) is 5.82 Å². The van der Waals surface area contributed by atoms with Crippen LogP contribution in [0.25, 0.3) is 0 Å². The molecule has 1 N–H and O–H groups in total. The molecule has 0 radical (unpaired) electrons. The number of benzene rings is 2. The zero-order chi connectivity index (χ0) is 14.4. The van der Waals surface area contributed by atoms with E-state index in [4.69, 9.17) is 0 Å². The normalized spacial score (nSPS) is 11.9. The van der Waals surface area contributed by atoms with Crippen LogP contribution in [0, 0.1) is 5.82 Å². The van der Waals surface area contributed by atoms with Crippen LogP contribution < -0.4 is 5.32 Å². The average molecular weight is 271 g/mol. The highest BCUT2D eigenvalue weighted by Crippen LogP contribution is 2.07. The van der Waals surface area contributed by atoms with Crippen LogP contribution in [-0.2, 0) is 6.42 Å². The van der Waals surface area contributed by atoms with E-state index >= 15 is 0 Å². The lowest BCUT2D eigenvalue weighted by Gasteiger charge is -2.14. The van der Waals surface area contributed by atoms with Crippen molar-refractivity contribution in [2.75, 3.05) is 0 Å². The lowest BCUT2D eigenvalue weighted by molar-refractivity contribution is 0.0938. The van der Waals surface area contributed by atoms with E-state index in [1.807, 2.05) is 25.1 Å². The van der Waals surface area contributed by atoms with Crippen LogP contribution >= 0.6 is 0 Å². The Bertz CT molecular complexity index is 568. The monoisotopic (exact) mass is 271 g/mol. The van der Waals surface area contributed by atoms with Crippen molar-refractivity contribution in [2.24, 2.45) is 0 Å². The summed E-state index contributed by atoms with van der Waals surface area (Å²) in [4.78, 5) is 11.9. The zero-order valence-corrected chi connectivity index (χ0v) is 11.5. The minimum Gasteiger partial charge on any atom is -0.350 e. The number of rotatable bonds is 5. The Morgan fingerprint density at radius 2 is 1.90 bits per heavy atom. The second kappa shape index (κ2) is 6.85. The Hall–Kier alpha value is -2.16. The molecular formula is C17H18FNO. The Kier molecular flexibility index (Phi) is 4.88. The van der Waals surface area contributed by atoms with Gasteiger partial charge in [-0.3, -0.25) is 4.79 Å².